The van der Waals surface area contributed by atoms with Gasteiger partial charge in [0, 0.05) is 20.6 Å². The van der Waals surface area contributed by atoms with Gasteiger partial charge in [-0.15, -0.1) is 0 Å². The van der Waals surface area contributed by atoms with Crippen molar-refractivity contribution in [3.8, 4) is 0 Å². The molecule has 0 aromatic heterocycles. The minimum atomic E-state index is -0.174. The third kappa shape index (κ3) is 2.72. The summed E-state index contributed by atoms with van der Waals surface area (Å²) in [5, 5.41) is 0. The van der Waals surface area contributed by atoms with Gasteiger partial charge in [-0.2, -0.15) is 0 Å². The molecule has 0 saturated carbocycles. The maximum absolute atomic E-state index is 11.7. The van der Waals surface area contributed by atoms with Gasteiger partial charge >= 0.3 is 5.97 Å². The lowest BCUT2D eigenvalue weighted by Crippen LogP contribution is -2.43. The van der Waals surface area contributed by atoms with Gasteiger partial charge in [0.15, 0.2) is 0 Å². The first-order chi connectivity index (χ1) is 7.47. The highest BCUT2D eigenvalue weighted by Gasteiger charge is 2.34. The standard InChI is InChI=1S/C11H20N2O3/c1-8(10(14)12(2)3)13-6-5-9(7-13)11(15)16-4/h8-9H,5-7H2,1-4H3. The number of likely N-dealkylation sites (tertiary alicyclic amines) is 1. The molecule has 0 aromatic carbocycles. The topological polar surface area (TPSA) is 49.9 Å². The second-order valence-corrected chi connectivity index (χ2v) is 4.41. The van der Waals surface area contributed by atoms with Crippen LogP contribution in [0.25, 0.3) is 0 Å². The van der Waals surface area contributed by atoms with Crippen molar-refractivity contribution in [3.05, 3.63) is 0 Å². The van der Waals surface area contributed by atoms with E-state index in [4.69, 9.17) is 4.74 Å². The van der Waals surface area contributed by atoms with E-state index in [9.17, 15) is 9.59 Å². The van der Waals surface area contributed by atoms with Crippen molar-refractivity contribution in [2.75, 3.05) is 34.3 Å². The van der Waals surface area contributed by atoms with Crippen LogP contribution in [-0.2, 0) is 14.3 Å². The molecule has 5 nitrogen and oxygen atoms in total. The van der Waals surface area contributed by atoms with Crippen molar-refractivity contribution in [2.24, 2.45) is 5.92 Å². The van der Waals surface area contributed by atoms with Crippen molar-refractivity contribution >= 4 is 11.9 Å². The molecule has 0 bridgehead atoms. The first-order valence-electron chi connectivity index (χ1n) is 5.50. The Morgan fingerprint density at radius 2 is 2.06 bits per heavy atom. The monoisotopic (exact) mass is 228 g/mol. The Balaban J connectivity index is 2.53. The zero-order valence-electron chi connectivity index (χ0n) is 10.4. The van der Waals surface area contributed by atoms with Gasteiger partial charge in [-0.1, -0.05) is 0 Å². The second kappa shape index (κ2) is 5.30. The highest BCUT2D eigenvalue weighted by molar-refractivity contribution is 5.81. The van der Waals surface area contributed by atoms with E-state index >= 15 is 0 Å². The lowest BCUT2D eigenvalue weighted by Gasteiger charge is -2.25. The Bertz CT molecular complexity index is 278. The number of carbonyl (C=O) groups excluding carboxylic acids is 2. The number of hydrogen-bond donors (Lipinski definition) is 0. The molecule has 16 heavy (non-hydrogen) atoms. The summed E-state index contributed by atoms with van der Waals surface area (Å²) in [7, 11) is 4.89. The summed E-state index contributed by atoms with van der Waals surface area (Å²) in [5.41, 5.74) is 0. The predicted octanol–water partition coefficient (Wildman–Crippen LogP) is -0.0420. The Labute approximate surface area is 96.3 Å². The fourth-order valence-electron chi connectivity index (χ4n) is 2.03. The molecular formula is C11H20N2O3. The highest BCUT2D eigenvalue weighted by Crippen LogP contribution is 2.20. The summed E-state index contributed by atoms with van der Waals surface area (Å²) in [5.74, 6) is -0.181. The van der Waals surface area contributed by atoms with Crippen LogP contribution in [0, 0.1) is 5.92 Å². The van der Waals surface area contributed by atoms with Gasteiger partial charge in [0.2, 0.25) is 5.91 Å². The van der Waals surface area contributed by atoms with Crippen LogP contribution in [0.15, 0.2) is 0 Å². The van der Waals surface area contributed by atoms with Crippen molar-refractivity contribution in [1.29, 1.82) is 0 Å². The van der Waals surface area contributed by atoms with E-state index in [-0.39, 0.29) is 23.8 Å². The van der Waals surface area contributed by atoms with Crippen LogP contribution in [0.1, 0.15) is 13.3 Å². The summed E-state index contributed by atoms with van der Waals surface area (Å²) in [6.45, 7) is 3.27. The molecule has 1 aliphatic rings. The molecule has 0 N–H and O–H groups in total. The molecule has 1 fully saturated rings. The van der Waals surface area contributed by atoms with E-state index < -0.39 is 0 Å². The second-order valence-electron chi connectivity index (χ2n) is 4.41. The molecule has 1 amide bonds. The van der Waals surface area contributed by atoms with Gasteiger partial charge in [-0.25, -0.2) is 0 Å². The molecule has 2 atom stereocenters. The molecule has 92 valence electrons. The number of ether oxygens (including phenoxy) is 1. The third-order valence-electron chi connectivity index (χ3n) is 3.10. The van der Waals surface area contributed by atoms with Crippen LogP contribution < -0.4 is 0 Å². The average Bonchev–Trinajstić information content (AvgIpc) is 2.75. The smallest absolute Gasteiger partial charge is 0.310 e. The van der Waals surface area contributed by atoms with Gasteiger partial charge in [0.25, 0.3) is 0 Å². The van der Waals surface area contributed by atoms with E-state index in [1.165, 1.54) is 7.11 Å². The van der Waals surface area contributed by atoms with Gasteiger partial charge in [-0.3, -0.25) is 14.5 Å². The van der Waals surface area contributed by atoms with E-state index in [0.29, 0.717) is 6.54 Å². The summed E-state index contributed by atoms with van der Waals surface area (Å²) >= 11 is 0. The number of nitrogens with zero attached hydrogens (tertiary/aromatic N) is 2. The summed E-state index contributed by atoms with van der Waals surface area (Å²) < 4.78 is 4.71. The Kier molecular flexibility index (Phi) is 4.29. The maximum Gasteiger partial charge on any atom is 0.310 e. The number of rotatable bonds is 3. The van der Waals surface area contributed by atoms with Gasteiger partial charge < -0.3 is 9.64 Å². The molecule has 0 spiro atoms. The Morgan fingerprint density at radius 3 is 2.56 bits per heavy atom. The zero-order chi connectivity index (χ0) is 12.3. The number of hydrogen-bond acceptors (Lipinski definition) is 4. The fraction of sp³-hybridized carbons (Fsp3) is 0.818. The van der Waals surface area contributed by atoms with Crippen LogP contribution in [-0.4, -0.2) is 62.0 Å². The fourth-order valence-corrected chi connectivity index (χ4v) is 2.03. The average molecular weight is 228 g/mol. The van der Waals surface area contributed by atoms with Crippen molar-refractivity contribution in [1.82, 2.24) is 9.80 Å². The van der Waals surface area contributed by atoms with E-state index in [1.54, 1.807) is 19.0 Å². The van der Waals surface area contributed by atoms with Crippen molar-refractivity contribution in [3.63, 3.8) is 0 Å². The van der Waals surface area contributed by atoms with Crippen LogP contribution in [0.3, 0.4) is 0 Å². The molecule has 0 aliphatic carbocycles. The molecule has 1 heterocycles. The quantitative estimate of drug-likeness (QED) is 0.636. The normalized spacial score (nSPS) is 22.9. The first kappa shape index (κ1) is 13.0. The van der Waals surface area contributed by atoms with Gasteiger partial charge in [0.05, 0.1) is 19.1 Å². The maximum atomic E-state index is 11.7. The summed E-state index contributed by atoms with van der Waals surface area (Å²) in [4.78, 5) is 26.7. The van der Waals surface area contributed by atoms with E-state index in [2.05, 4.69) is 0 Å². The van der Waals surface area contributed by atoms with Crippen LogP contribution >= 0.6 is 0 Å². The number of methoxy groups -OCH3 is 1. The molecule has 2 unspecified atom stereocenters. The number of amides is 1. The molecule has 1 aliphatic heterocycles. The van der Waals surface area contributed by atoms with Crippen LogP contribution in [0.5, 0.6) is 0 Å². The SMILES string of the molecule is COC(=O)C1CCN(C(C)C(=O)N(C)C)C1. The van der Waals surface area contributed by atoms with Gasteiger partial charge in [0.1, 0.15) is 0 Å². The number of esters is 1. The zero-order valence-corrected chi connectivity index (χ0v) is 10.4. The van der Waals surface area contributed by atoms with E-state index in [1.807, 2.05) is 11.8 Å². The Morgan fingerprint density at radius 1 is 1.44 bits per heavy atom. The lowest BCUT2D eigenvalue weighted by molar-refractivity contribution is -0.145. The highest BCUT2D eigenvalue weighted by atomic mass is 16.5. The predicted molar refractivity (Wildman–Crippen MR) is 59.9 cm³/mol. The number of carbonyl (C=O) groups is 2. The van der Waals surface area contributed by atoms with E-state index in [0.717, 1.165) is 13.0 Å². The molecule has 0 radical (unpaired) electrons. The van der Waals surface area contributed by atoms with Crippen LogP contribution in [0.4, 0.5) is 0 Å². The van der Waals surface area contributed by atoms with Crippen molar-refractivity contribution < 1.29 is 14.3 Å². The summed E-state index contributed by atoms with van der Waals surface area (Å²) in [6, 6.07) is -0.162. The largest absolute Gasteiger partial charge is 0.469 e. The van der Waals surface area contributed by atoms with Gasteiger partial charge in [-0.05, 0) is 19.9 Å². The van der Waals surface area contributed by atoms with Crippen molar-refractivity contribution in [2.45, 2.75) is 19.4 Å². The van der Waals surface area contributed by atoms with Crippen LogP contribution in [0.2, 0.25) is 0 Å². The molecular weight excluding hydrogens is 208 g/mol. The third-order valence-corrected chi connectivity index (χ3v) is 3.10. The lowest BCUT2D eigenvalue weighted by atomic mass is 10.1. The Hall–Kier alpha value is -1.10. The molecule has 5 heteroatoms. The number of likely N-dealkylation sites (N-methyl/N-ethyl adjacent to an activating group) is 1. The molecule has 1 saturated heterocycles. The summed E-state index contributed by atoms with van der Waals surface area (Å²) in [6.07, 6.45) is 0.776. The minimum Gasteiger partial charge on any atom is -0.469 e. The minimum absolute atomic E-state index is 0.0746. The molecule has 1 rings (SSSR count). The molecule has 0 aromatic rings. The first-order valence-corrected chi connectivity index (χ1v) is 5.50.